The lowest BCUT2D eigenvalue weighted by Gasteiger charge is -2.19. The Morgan fingerprint density at radius 1 is 1.23 bits per heavy atom. The molecule has 0 unspecified atom stereocenters. The molecule has 116 valence electrons. The Morgan fingerprint density at radius 2 is 1.95 bits per heavy atom. The summed E-state index contributed by atoms with van der Waals surface area (Å²) in [7, 11) is 0. The van der Waals surface area contributed by atoms with Crippen molar-refractivity contribution >= 4 is 5.91 Å². The summed E-state index contributed by atoms with van der Waals surface area (Å²) in [6, 6.07) is 12.5. The van der Waals surface area contributed by atoms with Crippen molar-refractivity contribution in [1.29, 1.82) is 0 Å². The molecule has 0 aliphatic heterocycles. The summed E-state index contributed by atoms with van der Waals surface area (Å²) in [5.74, 6) is -0.239. The quantitative estimate of drug-likeness (QED) is 0.854. The van der Waals surface area contributed by atoms with E-state index >= 15 is 0 Å². The molecule has 0 aliphatic rings. The van der Waals surface area contributed by atoms with E-state index in [1.165, 1.54) is 11.0 Å². The summed E-state index contributed by atoms with van der Waals surface area (Å²) >= 11 is 0. The Labute approximate surface area is 128 Å². The van der Waals surface area contributed by atoms with Gasteiger partial charge >= 0.3 is 0 Å². The smallest absolute Gasteiger partial charge is 0.267 e. The maximum atomic E-state index is 12.1. The molecule has 0 spiro atoms. The van der Waals surface area contributed by atoms with Gasteiger partial charge in [0.15, 0.2) is 0 Å². The SMILES string of the molecule is CCN(CCO)C(=O)Cn1nc(-c2ccccc2)ccc1=O. The average Bonchev–Trinajstić information content (AvgIpc) is 2.55. The van der Waals surface area contributed by atoms with Crippen LogP contribution in [-0.2, 0) is 11.3 Å². The van der Waals surface area contributed by atoms with Gasteiger partial charge in [-0.2, -0.15) is 5.10 Å². The molecule has 22 heavy (non-hydrogen) atoms. The van der Waals surface area contributed by atoms with Crippen molar-refractivity contribution in [3.8, 4) is 11.3 Å². The van der Waals surface area contributed by atoms with Crippen LogP contribution in [0.2, 0.25) is 0 Å². The first-order chi connectivity index (χ1) is 10.7. The number of carbonyl (C=O) groups is 1. The number of nitrogens with zero attached hydrogens (tertiary/aromatic N) is 3. The van der Waals surface area contributed by atoms with Crippen molar-refractivity contribution in [2.24, 2.45) is 0 Å². The highest BCUT2D eigenvalue weighted by Gasteiger charge is 2.13. The number of aromatic nitrogens is 2. The third-order valence-corrected chi connectivity index (χ3v) is 3.33. The molecule has 1 heterocycles. The number of rotatable bonds is 6. The van der Waals surface area contributed by atoms with Crippen LogP contribution < -0.4 is 5.56 Å². The van der Waals surface area contributed by atoms with Crippen molar-refractivity contribution < 1.29 is 9.90 Å². The van der Waals surface area contributed by atoms with Gasteiger partial charge < -0.3 is 10.0 Å². The normalized spacial score (nSPS) is 10.5. The van der Waals surface area contributed by atoms with Crippen LogP contribution in [0.15, 0.2) is 47.3 Å². The van der Waals surface area contributed by atoms with E-state index in [2.05, 4.69) is 5.10 Å². The number of aliphatic hydroxyl groups excluding tert-OH is 1. The van der Waals surface area contributed by atoms with Gasteiger partial charge in [0, 0.05) is 24.7 Å². The van der Waals surface area contributed by atoms with Crippen LogP contribution >= 0.6 is 0 Å². The molecule has 6 heteroatoms. The molecule has 6 nitrogen and oxygen atoms in total. The lowest BCUT2D eigenvalue weighted by Crippen LogP contribution is -2.38. The van der Waals surface area contributed by atoms with Crippen LogP contribution in [0.1, 0.15) is 6.92 Å². The fraction of sp³-hybridized carbons (Fsp3) is 0.312. The summed E-state index contributed by atoms with van der Waals surface area (Å²) in [5.41, 5.74) is 1.19. The lowest BCUT2D eigenvalue weighted by molar-refractivity contribution is -0.132. The van der Waals surface area contributed by atoms with Crippen LogP contribution in [0.3, 0.4) is 0 Å². The summed E-state index contributed by atoms with van der Waals surface area (Å²) in [4.78, 5) is 25.5. The highest BCUT2D eigenvalue weighted by Crippen LogP contribution is 2.13. The van der Waals surface area contributed by atoms with Gasteiger partial charge in [0.25, 0.3) is 5.56 Å². The van der Waals surface area contributed by atoms with Gasteiger partial charge in [0.05, 0.1) is 12.3 Å². The van der Waals surface area contributed by atoms with Crippen LogP contribution in [-0.4, -0.2) is 45.4 Å². The minimum Gasteiger partial charge on any atom is -0.395 e. The molecular weight excluding hydrogens is 282 g/mol. The van der Waals surface area contributed by atoms with E-state index in [4.69, 9.17) is 5.11 Å². The zero-order chi connectivity index (χ0) is 15.9. The van der Waals surface area contributed by atoms with Gasteiger partial charge in [-0.3, -0.25) is 9.59 Å². The number of hydrogen-bond acceptors (Lipinski definition) is 4. The fourth-order valence-corrected chi connectivity index (χ4v) is 2.13. The van der Waals surface area contributed by atoms with Crippen LogP contribution in [0.5, 0.6) is 0 Å². The van der Waals surface area contributed by atoms with Gasteiger partial charge in [-0.1, -0.05) is 30.3 Å². The maximum Gasteiger partial charge on any atom is 0.267 e. The Bertz CT molecular complexity index is 683. The Kier molecular flexibility index (Phi) is 5.43. The summed E-state index contributed by atoms with van der Waals surface area (Å²) < 4.78 is 1.16. The second-order valence-electron chi connectivity index (χ2n) is 4.78. The molecule has 0 bridgehead atoms. The zero-order valence-corrected chi connectivity index (χ0v) is 12.5. The second-order valence-corrected chi connectivity index (χ2v) is 4.78. The predicted octanol–water partition coefficient (Wildman–Crippen LogP) is 0.751. The van der Waals surface area contributed by atoms with Crippen molar-refractivity contribution in [2.45, 2.75) is 13.5 Å². The number of hydrogen-bond donors (Lipinski definition) is 1. The Balaban J connectivity index is 2.24. The van der Waals surface area contributed by atoms with E-state index in [-0.39, 0.29) is 31.2 Å². The molecule has 0 saturated heterocycles. The maximum absolute atomic E-state index is 12.1. The highest BCUT2D eigenvalue weighted by atomic mass is 16.3. The molecule has 1 aromatic carbocycles. The number of likely N-dealkylation sites (N-methyl/N-ethyl adjacent to an activating group) is 1. The summed E-state index contributed by atoms with van der Waals surface area (Å²) in [5, 5.41) is 13.2. The average molecular weight is 301 g/mol. The Hall–Kier alpha value is -2.47. The first-order valence-corrected chi connectivity index (χ1v) is 7.18. The molecule has 0 saturated carbocycles. The van der Waals surface area contributed by atoms with E-state index in [0.717, 1.165) is 10.2 Å². The van der Waals surface area contributed by atoms with Gasteiger partial charge in [-0.25, -0.2) is 4.68 Å². The topological polar surface area (TPSA) is 75.4 Å². The molecule has 1 aromatic heterocycles. The number of benzene rings is 1. The number of carbonyl (C=O) groups excluding carboxylic acids is 1. The van der Waals surface area contributed by atoms with E-state index < -0.39 is 0 Å². The van der Waals surface area contributed by atoms with Gasteiger partial charge in [0.1, 0.15) is 6.54 Å². The number of amides is 1. The van der Waals surface area contributed by atoms with Crippen LogP contribution in [0.25, 0.3) is 11.3 Å². The van der Waals surface area contributed by atoms with Crippen molar-refractivity contribution in [3.05, 3.63) is 52.8 Å². The van der Waals surface area contributed by atoms with E-state index in [1.54, 1.807) is 6.07 Å². The molecule has 0 fully saturated rings. The summed E-state index contributed by atoms with van der Waals surface area (Å²) in [6.07, 6.45) is 0. The Morgan fingerprint density at radius 3 is 2.59 bits per heavy atom. The monoisotopic (exact) mass is 301 g/mol. The highest BCUT2D eigenvalue weighted by molar-refractivity contribution is 5.75. The van der Waals surface area contributed by atoms with Crippen molar-refractivity contribution in [2.75, 3.05) is 19.7 Å². The third-order valence-electron chi connectivity index (χ3n) is 3.33. The fourth-order valence-electron chi connectivity index (χ4n) is 2.13. The molecular formula is C16H19N3O3. The van der Waals surface area contributed by atoms with Crippen molar-refractivity contribution in [1.82, 2.24) is 14.7 Å². The van der Waals surface area contributed by atoms with Crippen LogP contribution in [0, 0.1) is 0 Å². The summed E-state index contributed by atoms with van der Waals surface area (Å²) in [6.45, 7) is 2.32. The molecule has 0 atom stereocenters. The molecule has 2 aromatic rings. The first-order valence-electron chi connectivity index (χ1n) is 7.18. The minimum atomic E-state index is -0.326. The van der Waals surface area contributed by atoms with Gasteiger partial charge in [-0.05, 0) is 13.0 Å². The van der Waals surface area contributed by atoms with Crippen molar-refractivity contribution in [3.63, 3.8) is 0 Å². The van der Waals surface area contributed by atoms with E-state index in [0.29, 0.717) is 12.2 Å². The standard InChI is InChI=1S/C16H19N3O3/c1-2-18(10-11-20)16(22)12-19-15(21)9-8-14(17-19)13-6-4-3-5-7-13/h3-9,20H,2,10-12H2,1H3. The number of aliphatic hydroxyl groups is 1. The predicted molar refractivity (Wildman–Crippen MR) is 83.3 cm³/mol. The minimum absolute atomic E-state index is 0.105. The third kappa shape index (κ3) is 3.79. The zero-order valence-electron chi connectivity index (χ0n) is 12.5. The molecule has 1 amide bonds. The lowest BCUT2D eigenvalue weighted by atomic mass is 10.1. The van der Waals surface area contributed by atoms with Gasteiger partial charge in [0.2, 0.25) is 5.91 Å². The molecule has 0 radical (unpaired) electrons. The van der Waals surface area contributed by atoms with Gasteiger partial charge in [-0.15, -0.1) is 0 Å². The first kappa shape index (κ1) is 15.9. The molecule has 0 aliphatic carbocycles. The van der Waals surface area contributed by atoms with E-state index in [1.807, 2.05) is 37.3 Å². The second kappa shape index (κ2) is 7.51. The largest absolute Gasteiger partial charge is 0.395 e. The molecule has 2 rings (SSSR count). The van der Waals surface area contributed by atoms with Crippen LogP contribution in [0.4, 0.5) is 0 Å². The van der Waals surface area contributed by atoms with E-state index in [9.17, 15) is 9.59 Å². The molecule has 1 N–H and O–H groups in total.